The Hall–Kier alpha value is -0.910. The first-order valence-corrected chi connectivity index (χ1v) is 4.59. The van der Waals surface area contributed by atoms with Crippen molar-refractivity contribution >= 4 is 5.90 Å². The van der Waals surface area contributed by atoms with Crippen LogP contribution in [0.2, 0.25) is 0 Å². The van der Waals surface area contributed by atoms with Crippen molar-refractivity contribution in [3.8, 4) is 0 Å². The van der Waals surface area contributed by atoms with Crippen molar-refractivity contribution in [1.82, 2.24) is 4.90 Å². The monoisotopic (exact) mass is 200 g/mol. The van der Waals surface area contributed by atoms with Crippen LogP contribution in [-0.4, -0.2) is 36.3 Å². The van der Waals surface area contributed by atoms with E-state index in [0.29, 0.717) is 13.2 Å². The average Bonchev–Trinajstić information content (AvgIpc) is 2.10. The molecule has 2 atom stereocenters. The molecule has 2 unspecified atom stereocenters. The van der Waals surface area contributed by atoms with Gasteiger partial charge >= 0.3 is 0 Å². The van der Waals surface area contributed by atoms with E-state index >= 15 is 0 Å². The second kappa shape index (κ2) is 6.53. The van der Waals surface area contributed by atoms with Gasteiger partial charge < -0.3 is 16.2 Å². The smallest absolute Gasteiger partial charge is 0.205 e. The highest BCUT2D eigenvalue weighted by atomic mass is 16.5. The van der Waals surface area contributed by atoms with Crippen LogP contribution in [0.3, 0.4) is 0 Å². The molecule has 82 valence electrons. The van der Waals surface area contributed by atoms with Crippen LogP contribution in [0.1, 0.15) is 13.8 Å². The van der Waals surface area contributed by atoms with E-state index in [2.05, 4.69) is 6.58 Å². The van der Waals surface area contributed by atoms with Crippen LogP contribution in [0.5, 0.6) is 0 Å². The molecule has 0 radical (unpaired) electrons. The topological polar surface area (TPSA) is 88.4 Å². The normalized spacial score (nSPS) is 14.9. The molecule has 0 aliphatic rings. The Bertz CT molecular complexity index is 183. The Morgan fingerprint density at radius 2 is 2.00 bits per heavy atom. The second-order valence-electron chi connectivity index (χ2n) is 3.14. The van der Waals surface area contributed by atoms with Gasteiger partial charge in [0.1, 0.15) is 6.61 Å². The van der Waals surface area contributed by atoms with Crippen LogP contribution in [-0.2, 0) is 4.74 Å². The first-order chi connectivity index (χ1) is 6.49. The molecule has 14 heavy (non-hydrogen) atoms. The number of hydrogen-bond acceptors (Lipinski definition) is 5. The highest BCUT2D eigenvalue weighted by molar-refractivity contribution is 5.83. The summed E-state index contributed by atoms with van der Waals surface area (Å²) in [6, 6.07) is 0. The lowest BCUT2D eigenvalue weighted by atomic mass is 10.4. The Labute approximate surface area is 85.2 Å². The van der Waals surface area contributed by atoms with Gasteiger partial charge in [0.2, 0.25) is 5.90 Å². The number of ether oxygens (including phenoxy) is 1. The maximum atomic E-state index is 7.18. The maximum absolute atomic E-state index is 7.18. The van der Waals surface area contributed by atoms with Gasteiger partial charge in [-0.3, -0.25) is 10.3 Å². The molecule has 0 bridgehead atoms. The summed E-state index contributed by atoms with van der Waals surface area (Å²) in [5.74, 6) is 0.0688. The number of nitrogens with two attached hydrogens (primary N) is 2. The molecule has 0 amide bonds. The molecular weight excluding hydrogens is 180 g/mol. The van der Waals surface area contributed by atoms with E-state index in [1.165, 1.54) is 6.08 Å². The van der Waals surface area contributed by atoms with Gasteiger partial charge in [-0.1, -0.05) is 6.58 Å². The molecule has 5 heteroatoms. The lowest BCUT2D eigenvalue weighted by Crippen LogP contribution is -2.50. The number of nitrogens with zero attached hydrogens (tertiary/aromatic N) is 1. The Morgan fingerprint density at radius 3 is 2.36 bits per heavy atom. The molecule has 0 aliphatic heterocycles. The summed E-state index contributed by atoms with van der Waals surface area (Å²) in [5.41, 5.74) is 11.4. The van der Waals surface area contributed by atoms with E-state index in [4.69, 9.17) is 21.6 Å². The van der Waals surface area contributed by atoms with Gasteiger partial charge in [0.05, 0.1) is 12.3 Å². The summed E-state index contributed by atoms with van der Waals surface area (Å²) < 4.78 is 5.03. The van der Waals surface area contributed by atoms with E-state index in [0.717, 1.165) is 0 Å². The first-order valence-electron chi connectivity index (χ1n) is 4.59. The third-order valence-electron chi connectivity index (χ3n) is 1.84. The summed E-state index contributed by atoms with van der Waals surface area (Å²) in [7, 11) is 0. The predicted molar refractivity (Wildman–Crippen MR) is 57.9 cm³/mol. The molecule has 5 nitrogen and oxygen atoms in total. The lowest BCUT2D eigenvalue weighted by molar-refractivity contribution is 0.127. The molecule has 0 aromatic carbocycles. The minimum absolute atomic E-state index is 0.0688. The summed E-state index contributed by atoms with van der Waals surface area (Å²) in [6.45, 7) is 8.14. The van der Waals surface area contributed by atoms with Gasteiger partial charge in [0, 0.05) is 6.54 Å². The van der Waals surface area contributed by atoms with Crippen LogP contribution < -0.4 is 11.5 Å². The number of rotatable bonds is 6. The van der Waals surface area contributed by atoms with Crippen molar-refractivity contribution in [2.45, 2.75) is 26.2 Å². The zero-order chi connectivity index (χ0) is 11.1. The van der Waals surface area contributed by atoms with Gasteiger partial charge in [-0.25, -0.2) is 0 Å². The summed E-state index contributed by atoms with van der Waals surface area (Å²) in [4.78, 5) is 1.89. The fourth-order valence-electron chi connectivity index (χ4n) is 1.10. The van der Waals surface area contributed by atoms with Gasteiger partial charge in [-0.2, -0.15) is 0 Å². The Kier molecular flexibility index (Phi) is 6.11. The fourth-order valence-corrected chi connectivity index (χ4v) is 1.10. The second-order valence-corrected chi connectivity index (χ2v) is 3.14. The molecule has 0 saturated carbocycles. The number of hydrogen-bond donors (Lipinski definition) is 3. The number of nitrogens with one attached hydrogen (secondary N) is 1. The van der Waals surface area contributed by atoms with Crippen molar-refractivity contribution in [3.63, 3.8) is 0 Å². The van der Waals surface area contributed by atoms with Crippen LogP contribution in [0.25, 0.3) is 0 Å². The van der Waals surface area contributed by atoms with Gasteiger partial charge in [-0.15, -0.1) is 0 Å². The molecule has 0 heterocycles. The van der Waals surface area contributed by atoms with E-state index in [9.17, 15) is 0 Å². The van der Waals surface area contributed by atoms with Crippen molar-refractivity contribution in [2.24, 2.45) is 11.5 Å². The lowest BCUT2D eigenvalue weighted by Gasteiger charge is -2.29. The molecule has 0 aromatic heterocycles. The zero-order valence-corrected chi connectivity index (χ0v) is 8.86. The summed E-state index contributed by atoms with van der Waals surface area (Å²) in [6.07, 6.45) is 1.12. The quantitative estimate of drug-likeness (QED) is 0.322. The fraction of sp³-hybridized carbons (Fsp3) is 0.667. The summed E-state index contributed by atoms with van der Waals surface area (Å²) >= 11 is 0. The SMILES string of the molecule is C=CC(=N)OCCN(C(C)N)C(C)N. The highest BCUT2D eigenvalue weighted by Crippen LogP contribution is 1.96. The molecule has 0 rings (SSSR count). The molecule has 0 aromatic rings. The molecule has 0 saturated heterocycles. The van der Waals surface area contributed by atoms with Crippen LogP contribution in [0, 0.1) is 5.41 Å². The Balaban J connectivity index is 3.83. The van der Waals surface area contributed by atoms with Crippen LogP contribution in [0.15, 0.2) is 12.7 Å². The molecule has 0 fully saturated rings. The van der Waals surface area contributed by atoms with E-state index < -0.39 is 0 Å². The van der Waals surface area contributed by atoms with Gasteiger partial charge in [0.15, 0.2) is 0 Å². The summed E-state index contributed by atoms with van der Waals surface area (Å²) in [5, 5.41) is 7.18. The van der Waals surface area contributed by atoms with Crippen LogP contribution in [0.4, 0.5) is 0 Å². The molecule has 0 spiro atoms. The Morgan fingerprint density at radius 1 is 1.50 bits per heavy atom. The third-order valence-corrected chi connectivity index (χ3v) is 1.84. The zero-order valence-electron chi connectivity index (χ0n) is 8.86. The molecule has 5 N–H and O–H groups in total. The van der Waals surface area contributed by atoms with Gasteiger partial charge in [-0.05, 0) is 19.9 Å². The minimum atomic E-state index is -0.114. The van der Waals surface area contributed by atoms with Crippen molar-refractivity contribution in [2.75, 3.05) is 13.2 Å². The van der Waals surface area contributed by atoms with E-state index in [1.54, 1.807) is 0 Å². The van der Waals surface area contributed by atoms with E-state index in [-0.39, 0.29) is 18.2 Å². The average molecular weight is 200 g/mol. The largest absolute Gasteiger partial charge is 0.477 e. The van der Waals surface area contributed by atoms with Crippen LogP contribution >= 0.6 is 0 Å². The third kappa shape index (κ3) is 4.96. The maximum Gasteiger partial charge on any atom is 0.205 e. The van der Waals surface area contributed by atoms with Gasteiger partial charge in [0.25, 0.3) is 0 Å². The highest BCUT2D eigenvalue weighted by Gasteiger charge is 2.13. The van der Waals surface area contributed by atoms with Crippen molar-refractivity contribution in [3.05, 3.63) is 12.7 Å². The van der Waals surface area contributed by atoms with Crippen molar-refractivity contribution in [1.29, 1.82) is 5.41 Å². The molecular formula is C9H20N4O. The van der Waals surface area contributed by atoms with E-state index in [1.807, 2.05) is 18.7 Å². The van der Waals surface area contributed by atoms with Crippen molar-refractivity contribution < 1.29 is 4.74 Å². The predicted octanol–water partition coefficient (Wildman–Crippen LogP) is 0.0777. The first kappa shape index (κ1) is 13.1. The minimum Gasteiger partial charge on any atom is -0.477 e. The standard InChI is InChI=1S/C9H20N4O/c1-4-9(12)14-6-5-13(7(2)10)8(3)11/h4,7-8,12H,1,5-6,10-11H2,2-3H3. The molecule has 0 aliphatic carbocycles.